The van der Waals surface area contributed by atoms with Crippen LogP contribution in [-0.2, 0) is 4.74 Å². The van der Waals surface area contributed by atoms with Gasteiger partial charge in [-0.2, -0.15) is 0 Å². The fourth-order valence-corrected chi connectivity index (χ4v) is 5.08. The van der Waals surface area contributed by atoms with E-state index in [0.29, 0.717) is 12.2 Å². The molecule has 0 saturated heterocycles. The molecule has 2 saturated carbocycles. The van der Waals surface area contributed by atoms with Crippen molar-refractivity contribution in [2.45, 2.75) is 118 Å². The summed E-state index contributed by atoms with van der Waals surface area (Å²) in [7, 11) is 0. The molecule has 2 aliphatic rings. The predicted octanol–water partition coefficient (Wildman–Crippen LogP) is 6.99. The molecule has 136 valence electrons. The molecule has 0 bridgehead atoms. The van der Waals surface area contributed by atoms with Gasteiger partial charge in [-0.05, 0) is 48.3 Å². The zero-order valence-electron chi connectivity index (χ0n) is 16.8. The van der Waals surface area contributed by atoms with E-state index in [2.05, 4.69) is 41.5 Å². The lowest BCUT2D eigenvalue weighted by molar-refractivity contribution is -0.159. The molecule has 1 heteroatoms. The average Bonchev–Trinajstić information content (AvgIpc) is 2.47. The number of rotatable bonds is 4. The van der Waals surface area contributed by atoms with Gasteiger partial charge < -0.3 is 4.74 Å². The van der Waals surface area contributed by atoms with E-state index in [1.54, 1.807) is 0 Å². The number of hydrogen-bond acceptors (Lipinski definition) is 1. The van der Waals surface area contributed by atoms with Gasteiger partial charge in [-0.1, -0.05) is 80.1 Å². The number of ether oxygens (including phenoxy) is 1. The molecule has 1 nitrogen and oxygen atoms in total. The van der Waals surface area contributed by atoms with Crippen molar-refractivity contribution in [1.29, 1.82) is 0 Å². The van der Waals surface area contributed by atoms with Crippen LogP contribution in [0.5, 0.6) is 0 Å². The highest BCUT2D eigenvalue weighted by molar-refractivity contribution is 4.89. The molecule has 0 aromatic heterocycles. The summed E-state index contributed by atoms with van der Waals surface area (Å²) in [5.74, 6) is 1.55. The van der Waals surface area contributed by atoms with E-state index in [-0.39, 0.29) is 10.8 Å². The average molecular weight is 323 g/mol. The van der Waals surface area contributed by atoms with Crippen LogP contribution < -0.4 is 0 Å². The first-order valence-corrected chi connectivity index (χ1v) is 10.3. The van der Waals surface area contributed by atoms with Gasteiger partial charge in [0.2, 0.25) is 0 Å². The lowest BCUT2D eigenvalue weighted by Crippen LogP contribution is -2.46. The van der Waals surface area contributed by atoms with Crippen LogP contribution in [0.15, 0.2) is 0 Å². The van der Waals surface area contributed by atoms with E-state index in [4.69, 9.17) is 4.74 Å². The minimum absolute atomic E-state index is 0.250. The van der Waals surface area contributed by atoms with Crippen molar-refractivity contribution < 1.29 is 4.74 Å². The summed E-state index contributed by atoms with van der Waals surface area (Å²) in [5.41, 5.74) is 0.500. The normalized spacial score (nSPS) is 25.3. The number of hydrogen-bond donors (Lipinski definition) is 0. The Morgan fingerprint density at radius 1 is 0.565 bits per heavy atom. The standard InChI is InChI=1S/C22H42O/c1-21(2,3)19(17-13-9-7-10-14-17)23-20(22(4,5)6)18-15-11-8-12-16-18/h17-20H,7-16H2,1-6H3. The zero-order valence-corrected chi connectivity index (χ0v) is 16.8. The highest BCUT2D eigenvalue weighted by Crippen LogP contribution is 2.43. The van der Waals surface area contributed by atoms with E-state index < -0.39 is 0 Å². The van der Waals surface area contributed by atoms with Gasteiger partial charge in [0, 0.05) is 0 Å². The molecule has 2 rings (SSSR count). The minimum atomic E-state index is 0.250. The van der Waals surface area contributed by atoms with Crippen molar-refractivity contribution in [2.75, 3.05) is 0 Å². The molecule has 0 N–H and O–H groups in total. The van der Waals surface area contributed by atoms with E-state index in [1.165, 1.54) is 64.2 Å². The molecule has 0 amide bonds. The maximum absolute atomic E-state index is 7.06. The molecule has 2 unspecified atom stereocenters. The molecule has 0 heterocycles. The van der Waals surface area contributed by atoms with Crippen LogP contribution in [0.2, 0.25) is 0 Å². The molecule has 0 spiro atoms. The topological polar surface area (TPSA) is 9.23 Å². The van der Waals surface area contributed by atoms with Crippen LogP contribution in [0.1, 0.15) is 106 Å². The smallest absolute Gasteiger partial charge is 0.0655 e. The monoisotopic (exact) mass is 322 g/mol. The summed E-state index contributed by atoms with van der Waals surface area (Å²) in [6, 6.07) is 0. The predicted molar refractivity (Wildman–Crippen MR) is 101 cm³/mol. The van der Waals surface area contributed by atoms with Crippen LogP contribution in [0.3, 0.4) is 0 Å². The molecular weight excluding hydrogens is 280 g/mol. The Morgan fingerprint density at radius 3 is 1.13 bits per heavy atom. The lowest BCUT2D eigenvalue weighted by Gasteiger charge is -2.47. The van der Waals surface area contributed by atoms with Crippen molar-refractivity contribution in [2.24, 2.45) is 22.7 Å². The molecular formula is C22H42O. The van der Waals surface area contributed by atoms with Crippen molar-refractivity contribution in [3.05, 3.63) is 0 Å². The maximum atomic E-state index is 7.06. The molecule has 0 aromatic rings. The summed E-state index contributed by atoms with van der Waals surface area (Å²) >= 11 is 0. The van der Waals surface area contributed by atoms with Crippen LogP contribution in [0, 0.1) is 22.7 Å². The fourth-order valence-electron chi connectivity index (χ4n) is 5.08. The first-order valence-electron chi connectivity index (χ1n) is 10.3. The zero-order chi connectivity index (χ0) is 17.1. The lowest BCUT2D eigenvalue weighted by atomic mass is 9.72. The minimum Gasteiger partial charge on any atom is -0.373 e. The Hall–Kier alpha value is -0.0400. The van der Waals surface area contributed by atoms with Crippen molar-refractivity contribution >= 4 is 0 Å². The van der Waals surface area contributed by atoms with Gasteiger partial charge in [0.05, 0.1) is 12.2 Å². The SMILES string of the molecule is CC(C)(C)C(OC(C1CCCCC1)C(C)(C)C)C1CCCCC1. The van der Waals surface area contributed by atoms with Crippen LogP contribution >= 0.6 is 0 Å². The molecule has 2 atom stereocenters. The Labute approximate surface area is 146 Å². The van der Waals surface area contributed by atoms with Gasteiger partial charge in [0.25, 0.3) is 0 Å². The van der Waals surface area contributed by atoms with Crippen LogP contribution in [0.25, 0.3) is 0 Å². The molecule has 0 aromatic carbocycles. The molecule has 23 heavy (non-hydrogen) atoms. The summed E-state index contributed by atoms with van der Waals surface area (Å²) in [6.07, 6.45) is 14.9. The van der Waals surface area contributed by atoms with Gasteiger partial charge in [0.1, 0.15) is 0 Å². The Balaban J connectivity index is 2.15. The second-order valence-corrected chi connectivity index (χ2v) is 10.5. The quantitative estimate of drug-likeness (QED) is 0.541. The van der Waals surface area contributed by atoms with Gasteiger partial charge in [-0.25, -0.2) is 0 Å². The second kappa shape index (κ2) is 7.89. The first kappa shape index (κ1) is 19.3. The van der Waals surface area contributed by atoms with Gasteiger partial charge in [0.15, 0.2) is 0 Å². The summed E-state index contributed by atoms with van der Waals surface area (Å²) < 4.78 is 7.06. The van der Waals surface area contributed by atoms with E-state index in [1.807, 2.05) is 0 Å². The molecule has 0 aliphatic heterocycles. The van der Waals surface area contributed by atoms with Crippen molar-refractivity contribution in [3.8, 4) is 0 Å². The summed E-state index contributed by atoms with van der Waals surface area (Å²) in [5, 5.41) is 0. The second-order valence-electron chi connectivity index (χ2n) is 10.5. The highest BCUT2D eigenvalue weighted by Gasteiger charge is 2.41. The van der Waals surface area contributed by atoms with Crippen molar-refractivity contribution in [1.82, 2.24) is 0 Å². The van der Waals surface area contributed by atoms with Gasteiger partial charge in [-0.15, -0.1) is 0 Å². The van der Waals surface area contributed by atoms with E-state index >= 15 is 0 Å². The third kappa shape index (κ3) is 5.48. The Bertz CT molecular complexity index is 300. The largest absolute Gasteiger partial charge is 0.373 e. The molecule has 0 radical (unpaired) electrons. The first-order chi connectivity index (χ1) is 10.7. The van der Waals surface area contributed by atoms with Crippen LogP contribution in [-0.4, -0.2) is 12.2 Å². The highest BCUT2D eigenvalue weighted by atomic mass is 16.5. The Morgan fingerprint density at radius 2 is 0.870 bits per heavy atom. The molecule has 2 fully saturated rings. The van der Waals surface area contributed by atoms with E-state index in [0.717, 1.165) is 11.8 Å². The Kier molecular flexibility index (Phi) is 6.62. The third-order valence-corrected chi connectivity index (χ3v) is 6.16. The van der Waals surface area contributed by atoms with Crippen LogP contribution in [0.4, 0.5) is 0 Å². The summed E-state index contributed by atoms with van der Waals surface area (Å²) in [6.45, 7) is 14.4. The summed E-state index contributed by atoms with van der Waals surface area (Å²) in [4.78, 5) is 0. The maximum Gasteiger partial charge on any atom is 0.0655 e. The van der Waals surface area contributed by atoms with E-state index in [9.17, 15) is 0 Å². The van der Waals surface area contributed by atoms with Gasteiger partial charge in [-0.3, -0.25) is 0 Å². The third-order valence-electron chi connectivity index (χ3n) is 6.16. The fraction of sp³-hybridized carbons (Fsp3) is 1.00. The van der Waals surface area contributed by atoms with Gasteiger partial charge >= 0.3 is 0 Å². The molecule has 2 aliphatic carbocycles. The van der Waals surface area contributed by atoms with Crippen molar-refractivity contribution in [3.63, 3.8) is 0 Å².